The van der Waals surface area contributed by atoms with Crippen molar-refractivity contribution in [3.05, 3.63) is 65.7 Å². The Bertz CT molecular complexity index is 817. The fourth-order valence-corrected chi connectivity index (χ4v) is 3.87. The van der Waals surface area contributed by atoms with Crippen LogP contribution in [0.2, 0.25) is 0 Å². The first-order valence-corrected chi connectivity index (χ1v) is 9.93. The predicted octanol–water partition coefficient (Wildman–Crippen LogP) is 3.11. The molecule has 0 heterocycles. The van der Waals surface area contributed by atoms with Gasteiger partial charge >= 0.3 is 5.97 Å². The summed E-state index contributed by atoms with van der Waals surface area (Å²) in [5.41, 5.74) is 1.20. The molecule has 2 N–H and O–H groups in total. The number of hydrogen-bond donors (Lipinski definition) is 2. The number of benzene rings is 2. The summed E-state index contributed by atoms with van der Waals surface area (Å²) in [4.78, 5) is 11.2. The van der Waals surface area contributed by atoms with Crippen molar-refractivity contribution in [3.63, 3.8) is 0 Å². The number of carboxylic acids is 1. The fraction of sp³-hybridized carbons (Fsp3) is 0.316. The van der Waals surface area contributed by atoms with Crippen LogP contribution in [0.25, 0.3) is 0 Å². The monoisotopic (exact) mass is 377 g/mol. The highest BCUT2D eigenvalue weighted by Crippen LogP contribution is 2.22. The van der Waals surface area contributed by atoms with Crippen LogP contribution in [0.1, 0.15) is 37.4 Å². The third-order valence-corrected chi connectivity index (χ3v) is 4.91. The lowest BCUT2D eigenvalue weighted by Crippen LogP contribution is -2.31. The zero-order valence-electron chi connectivity index (χ0n) is 14.8. The van der Waals surface area contributed by atoms with E-state index in [1.807, 2.05) is 13.8 Å². The number of carboxylic acid groups (broad SMARTS) is 1. The first-order valence-electron chi connectivity index (χ1n) is 8.27. The molecule has 2 aromatic carbocycles. The molecule has 140 valence electrons. The molecule has 0 spiro atoms. The molecule has 0 saturated heterocycles. The normalized spacial score (nSPS) is 12.7. The Labute approximate surface area is 153 Å². The minimum absolute atomic E-state index is 0.0139. The van der Waals surface area contributed by atoms with Gasteiger partial charge < -0.3 is 9.84 Å². The van der Waals surface area contributed by atoms with Gasteiger partial charge in [-0.2, -0.15) is 0 Å². The van der Waals surface area contributed by atoms with E-state index in [0.29, 0.717) is 16.9 Å². The highest BCUT2D eigenvalue weighted by molar-refractivity contribution is 7.88. The summed E-state index contributed by atoms with van der Waals surface area (Å²) in [5, 5.41) is 9.15. The second-order valence-corrected chi connectivity index (χ2v) is 8.00. The van der Waals surface area contributed by atoms with Gasteiger partial charge in [0.2, 0.25) is 10.0 Å². The van der Waals surface area contributed by atoms with Crippen LogP contribution in [-0.2, 0) is 20.6 Å². The Hall–Kier alpha value is -2.38. The summed E-state index contributed by atoms with van der Waals surface area (Å²) in [7, 11) is -3.70. The lowest BCUT2D eigenvalue weighted by atomic mass is 10.0. The molecule has 0 unspecified atom stereocenters. The molecule has 0 aromatic heterocycles. The molecule has 6 nitrogen and oxygen atoms in total. The molecule has 0 bridgehead atoms. The maximum Gasteiger partial charge on any atom is 0.305 e. The van der Waals surface area contributed by atoms with Crippen LogP contribution in [0.3, 0.4) is 0 Å². The van der Waals surface area contributed by atoms with Gasteiger partial charge in [-0.25, -0.2) is 13.1 Å². The Morgan fingerprint density at radius 1 is 1.08 bits per heavy atom. The second-order valence-electron chi connectivity index (χ2n) is 6.25. The van der Waals surface area contributed by atoms with E-state index in [0.717, 1.165) is 0 Å². The van der Waals surface area contributed by atoms with E-state index >= 15 is 0 Å². The Kier molecular flexibility index (Phi) is 6.76. The van der Waals surface area contributed by atoms with Crippen molar-refractivity contribution in [2.24, 2.45) is 0 Å². The highest BCUT2D eigenvalue weighted by Gasteiger charge is 2.22. The van der Waals surface area contributed by atoms with Gasteiger partial charge in [-0.05, 0) is 37.1 Å². The third kappa shape index (κ3) is 6.50. The third-order valence-electron chi connectivity index (χ3n) is 3.55. The average Bonchev–Trinajstić information content (AvgIpc) is 2.54. The maximum atomic E-state index is 12.4. The zero-order chi connectivity index (χ0) is 19.2. The summed E-state index contributed by atoms with van der Waals surface area (Å²) >= 11 is 0. The smallest absolute Gasteiger partial charge is 0.305 e. The van der Waals surface area contributed by atoms with Crippen molar-refractivity contribution in [1.82, 2.24) is 4.72 Å². The van der Waals surface area contributed by atoms with E-state index in [-0.39, 0.29) is 18.3 Å². The standard InChI is InChI=1S/C19H23NO5S/c1-14(2)25-17-10-8-16(9-11-17)18(12-19(21)22)20-26(23,24)13-15-6-4-3-5-7-15/h3-11,14,18,20H,12-13H2,1-2H3,(H,21,22)/t18-/m1/s1. The molecule has 0 saturated carbocycles. The number of hydrogen-bond acceptors (Lipinski definition) is 4. The van der Waals surface area contributed by atoms with E-state index in [2.05, 4.69) is 4.72 Å². The molecule has 0 aliphatic rings. The van der Waals surface area contributed by atoms with Crippen LogP contribution in [0.5, 0.6) is 5.75 Å². The van der Waals surface area contributed by atoms with Crippen molar-refractivity contribution >= 4 is 16.0 Å². The molecule has 7 heteroatoms. The Morgan fingerprint density at radius 3 is 2.23 bits per heavy atom. The highest BCUT2D eigenvalue weighted by atomic mass is 32.2. The average molecular weight is 377 g/mol. The van der Waals surface area contributed by atoms with Gasteiger partial charge in [-0.1, -0.05) is 42.5 Å². The molecule has 1 atom stereocenters. The van der Waals surface area contributed by atoms with E-state index in [4.69, 9.17) is 9.84 Å². The van der Waals surface area contributed by atoms with Crippen molar-refractivity contribution < 1.29 is 23.1 Å². The van der Waals surface area contributed by atoms with Gasteiger partial charge in [-0.15, -0.1) is 0 Å². The molecule has 2 rings (SSSR count). The van der Waals surface area contributed by atoms with Crippen LogP contribution in [0.4, 0.5) is 0 Å². The van der Waals surface area contributed by atoms with Gasteiger partial charge in [0.05, 0.1) is 24.3 Å². The van der Waals surface area contributed by atoms with Crippen molar-refractivity contribution in [2.75, 3.05) is 0 Å². The molecule has 0 aliphatic carbocycles. The lowest BCUT2D eigenvalue weighted by Gasteiger charge is -2.18. The van der Waals surface area contributed by atoms with Gasteiger partial charge in [0.1, 0.15) is 5.75 Å². The molecule has 2 aromatic rings. The molecule has 0 fully saturated rings. The minimum atomic E-state index is -3.70. The summed E-state index contributed by atoms with van der Waals surface area (Å²) in [6.45, 7) is 3.80. The molecule has 26 heavy (non-hydrogen) atoms. The topological polar surface area (TPSA) is 92.7 Å². The van der Waals surface area contributed by atoms with E-state index in [1.165, 1.54) is 0 Å². The fourth-order valence-electron chi connectivity index (χ4n) is 2.51. The number of carbonyl (C=O) groups is 1. The first kappa shape index (κ1) is 19.9. The maximum absolute atomic E-state index is 12.4. The van der Waals surface area contributed by atoms with E-state index in [9.17, 15) is 13.2 Å². The van der Waals surface area contributed by atoms with Gasteiger partial charge in [0.25, 0.3) is 0 Å². The van der Waals surface area contributed by atoms with E-state index in [1.54, 1.807) is 54.6 Å². The molecule has 0 aliphatic heterocycles. The largest absolute Gasteiger partial charge is 0.491 e. The van der Waals surface area contributed by atoms with Gasteiger partial charge in [0, 0.05) is 0 Å². The summed E-state index contributed by atoms with van der Waals surface area (Å²) in [6.07, 6.45) is -0.335. The second kappa shape index (κ2) is 8.82. The van der Waals surface area contributed by atoms with Crippen LogP contribution in [-0.4, -0.2) is 25.6 Å². The van der Waals surface area contributed by atoms with Gasteiger partial charge in [0.15, 0.2) is 0 Å². The SMILES string of the molecule is CC(C)Oc1ccc([C@@H](CC(=O)O)NS(=O)(=O)Cc2ccccc2)cc1. The quantitative estimate of drug-likeness (QED) is 0.700. The lowest BCUT2D eigenvalue weighted by molar-refractivity contribution is -0.137. The molecule has 0 radical (unpaired) electrons. The van der Waals surface area contributed by atoms with E-state index < -0.39 is 22.0 Å². The number of aliphatic carboxylic acids is 1. The number of nitrogens with one attached hydrogen (secondary N) is 1. The van der Waals surface area contributed by atoms with Crippen molar-refractivity contribution in [3.8, 4) is 5.75 Å². The zero-order valence-corrected chi connectivity index (χ0v) is 15.6. The Balaban J connectivity index is 2.17. The van der Waals surface area contributed by atoms with Gasteiger partial charge in [-0.3, -0.25) is 4.79 Å². The number of rotatable bonds is 9. The first-order chi connectivity index (χ1) is 12.2. The molecule has 0 amide bonds. The van der Waals surface area contributed by atoms with Crippen molar-refractivity contribution in [2.45, 2.75) is 38.2 Å². The summed E-state index contributed by atoms with van der Waals surface area (Å²) in [6, 6.07) is 14.7. The van der Waals surface area contributed by atoms with Crippen LogP contribution in [0.15, 0.2) is 54.6 Å². The van der Waals surface area contributed by atoms with Crippen LogP contribution in [0, 0.1) is 0 Å². The van der Waals surface area contributed by atoms with Crippen LogP contribution >= 0.6 is 0 Å². The predicted molar refractivity (Wildman–Crippen MR) is 99.4 cm³/mol. The Morgan fingerprint density at radius 2 is 1.69 bits per heavy atom. The van der Waals surface area contributed by atoms with Crippen molar-refractivity contribution in [1.29, 1.82) is 0 Å². The molecular formula is C19H23NO5S. The summed E-state index contributed by atoms with van der Waals surface area (Å²) in [5.74, 6) is -0.650. The number of sulfonamides is 1. The molecular weight excluding hydrogens is 354 g/mol. The van der Waals surface area contributed by atoms with Crippen LogP contribution < -0.4 is 9.46 Å². The number of ether oxygens (including phenoxy) is 1. The summed E-state index contributed by atoms with van der Waals surface area (Å²) < 4.78 is 33.0. The minimum Gasteiger partial charge on any atom is -0.491 e.